The molecule has 4 nitrogen and oxygen atoms in total. The molecule has 0 spiro atoms. The van der Waals surface area contributed by atoms with Crippen LogP contribution in [0.25, 0.3) is 0 Å². The van der Waals surface area contributed by atoms with E-state index in [2.05, 4.69) is 11.6 Å². The molecule has 0 aromatic heterocycles. The van der Waals surface area contributed by atoms with Crippen molar-refractivity contribution in [2.75, 3.05) is 36.7 Å². The molecule has 0 amide bonds. The zero-order chi connectivity index (χ0) is 13.4. The first kappa shape index (κ1) is 14.7. The Balaban J connectivity index is 2.65. The van der Waals surface area contributed by atoms with Crippen molar-refractivity contribution in [3.63, 3.8) is 0 Å². The van der Waals surface area contributed by atoms with Crippen LogP contribution < -0.4 is 11.1 Å². The summed E-state index contributed by atoms with van der Waals surface area (Å²) in [6, 6.07) is 5.24. The first-order chi connectivity index (χ1) is 8.70. The zero-order valence-electron chi connectivity index (χ0n) is 10.9. The molecule has 0 fully saturated rings. The predicted molar refractivity (Wildman–Crippen MR) is 78.3 cm³/mol. The number of para-hydroxylation sites is 1. The van der Waals surface area contributed by atoms with E-state index in [1.165, 1.54) is 7.11 Å². The molecule has 0 unspecified atom stereocenters. The van der Waals surface area contributed by atoms with Crippen molar-refractivity contribution >= 4 is 29.1 Å². The molecule has 1 aromatic carbocycles. The molecule has 0 aliphatic heterocycles. The second-order valence-corrected chi connectivity index (χ2v) is 4.87. The van der Waals surface area contributed by atoms with Gasteiger partial charge in [0.05, 0.1) is 24.0 Å². The molecule has 0 aliphatic rings. The third kappa shape index (κ3) is 4.14. The van der Waals surface area contributed by atoms with Gasteiger partial charge in [-0.25, -0.2) is 4.79 Å². The van der Waals surface area contributed by atoms with E-state index in [1.54, 1.807) is 18.2 Å². The number of anilines is 2. The fraction of sp³-hybridized carbons (Fsp3) is 0.462. The van der Waals surface area contributed by atoms with Gasteiger partial charge in [0.15, 0.2) is 0 Å². The lowest BCUT2D eigenvalue weighted by Gasteiger charge is -2.13. The fourth-order valence-corrected chi connectivity index (χ4v) is 2.13. The Bertz CT molecular complexity index is 397. The van der Waals surface area contributed by atoms with Crippen LogP contribution >= 0.6 is 11.8 Å². The normalized spacial score (nSPS) is 10.1. The van der Waals surface area contributed by atoms with Crippen LogP contribution in [0.3, 0.4) is 0 Å². The van der Waals surface area contributed by atoms with Gasteiger partial charge in [0.2, 0.25) is 0 Å². The molecule has 0 aliphatic carbocycles. The average molecular weight is 268 g/mol. The highest BCUT2D eigenvalue weighted by atomic mass is 32.2. The minimum atomic E-state index is -0.367. The number of carbonyl (C=O) groups excluding carboxylic acids is 1. The maximum Gasteiger partial charge on any atom is 0.340 e. The van der Waals surface area contributed by atoms with Gasteiger partial charge in [-0.3, -0.25) is 0 Å². The van der Waals surface area contributed by atoms with Crippen LogP contribution in [0.15, 0.2) is 18.2 Å². The van der Waals surface area contributed by atoms with E-state index in [1.807, 2.05) is 11.8 Å². The largest absolute Gasteiger partial charge is 0.465 e. The van der Waals surface area contributed by atoms with Crippen molar-refractivity contribution < 1.29 is 9.53 Å². The highest BCUT2D eigenvalue weighted by molar-refractivity contribution is 7.98. The number of ether oxygens (including phenoxy) is 1. The molecule has 18 heavy (non-hydrogen) atoms. The van der Waals surface area contributed by atoms with Gasteiger partial charge >= 0.3 is 5.97 Å². The summed E-state index contributed by atoms with van der Waals surface area (Å²) in [6.07, 6.45) is 4.29. The first-order valence-electron chi connectivity index (χ1n) is 5.90. The number of carbonyl (C=O) groups is 1. The highest BCUT2D eigenvalue weighted by Crippen LogP contribution is 2.24. The van der Waals surface area contributed by atoms with E-state index in [-0.39, 0.29) is 5.97 Å². The summed E-state index contributed by atoms with van der Waals surface area (Å²) in [4.78, 5) is 11.6. The quantitative estimate of drug-likeness (QED) is 0.452. The molecule has 0 heterocycles. The van der Waals surface area contributed by atoms with Crippen LogP contribution in [-0.2, 0) is 4.74 Å². The molecular formula is C13H20N2O2S. The van der Waals surface area contributed by atoms with E-state index >= 15 is 0 Å². The average Bonchev–Trinajstić information content (AvgIpc) is 2.39. The van der Waals surface area contributed by atoms with Crippen molar-refractivity contribution in [1.29, 1.82) is 0 Å². The van der Waals surface area contributed by atoms with E-state index in [0.29, 0.717) is 16.9 Å². The second-order valence-electron chi connectivity index (χ2n) is 3.89. The number of esters is 1. The Morgan fingerprint density at radius 1 is 1.44 bits per heavy atom. The van der Waals surface area contributed by atoms with E-state index in [4.69, 9.17) is 10.5 Å². The minimum Gasteiger partial charge on any atom is -0.465 e. The van der Waals surface area contributed by atoms with Gasteiger partial charge in [-0.05, 0) is 37.0 Å². The molecule has 0 bridgehead atoms. The van der Waals surface area contributed by atoms with Crippen LogP contribution in [0.4, 0.5) is 11.4 Å². The Labute approximate surface area is 112 Å². The minimum absolute atomic E-state index is 0.367. The zero-order valence-corrected chi connectivity index (χ0v) is 11.7. The second kappa shape index (κ2) is 7.87. The summed E-state index contributed by atoms with van der Waals surface area (Å²) in [5.41, 5.74) is 7.62. The number of hydrogen-bond donors (Lipinski definition) is 2. The van der Waals surface area contributed by atoms with E-state index < -0.39 is 0 Å². The third-order valence-corrected chi connectivity index (χ3v) is 3.28. The summed E-state index contributed by atoms with van der Waals surface area (Å²) in [5.74, 6) is 0.782. The summed E-state index contributed by atoms with van der Waals surface area (Å²) in [7, 11) is 1.37. The predicted octanol–water partition coefficient (Wildman–Crippen LogP) is 2.61. The number of nitrogens with one attached hydrogen (secondary N) is 1. The standard InChI is InChI=1S/C13H20N2O2S/c1-17-13(16)10-6-5-7-11(14)12(10)15-8-3-4-9-18-2/h5-7,15H,3-4,8-9,14H2,1-2H3. The van der Waals surface area contributed by atoms with E-state index in [9.17, 15) is 4.79 Å². The lowest BCUT2D eigenvalue weighted by atomic mass is 10.1. The Morgan fingerprint density at radius 3 is 2.89 bits per heavy atom. The Hall–Kier alpha value is -1.36. The number of rotatable bonds is 7. The first-order valence-corrected chi connectivity index (χ1v) is 7.29. The SMILES string of the molecule is COC(=O)c1cccc(N)c1NCCCCSC. The lowest BCUT2D eigenvalue weighted by molar-refractivity contribution is 0.0602. The molecule has 1 aromatic rings. The number of nitrogen functional groups attached to an aromatic ring is 1. The van der Waals surface area contributed by atoms with E-state index in [0.717, 1.165) is 25.1 Å². The number of hydrogen-bond acceptors (Lipinski definition) is 5. The van der Waals surface area contributed by atoms with Gasteiger partial charge in [-0.15, -0.1) is 0 Å². The van der Waals surface area contributed by atoms with Crippen LogP contribution in [0.5, 0.6) is 0 Å². The van der Waals surface area contributed by atoms with Gasteiger partial charge in [-0.1, -0.05) is 6.07 Å². The van der Waals surface area contributed by atoms with Crippen molar-refractivity contribution in [2.24, 2.45) is 0 Å². The Morgan fingerprint density at radius 2 is 2.22 bits per heavy atom. The number of nitrogens with two attached hydrogens (primary N) is 1. The molecule has 0 radical (unpaired) electrons. The fourth-order valence-electron chi connectivity index (χ4n) is 1.63. The number of benzene rings is 1. The van der Waals surface area contributed by atoms with Crippen LogP contribution in [0.1, 0.15) is 23.2 Å². The molecule has 3 N–H and O–H groups in total. The van der Waals surface area contributed by atoms with Crippen LogP contribution in [0.2, 0.25) is 0 Å². The highest BCUT2D eigenvalue weighted by Gasteiger charge is 2.13. The molecule has 1 rings (SSSR count). The Kier molecular flexibility index (Phi) is 6.43. The number of methoxy groups -OCH3 is 1. The van der Waals surface area contributed by atoms with Crippen LogP contribution in [0, 0.1) is 0 Å². The van der Waals surface area contributed by atoms with Crippen molar-refractivity contribution in [3.8, 4) is 0 Å². The lowest BCUT2D eigenvalue weighted by Crippen LogP contribution is -2.11. The molecule has 0 saturated heterocycles. The molecule has 0 atom stereocenters. The van der Waals surface area contributed by atoms with Crippen molar-refractivity contribution in [2.45, 2.75) is 12.8 Å². The molecule has 0 saturated carbocycles. The van der Waals surface area contributed by atoms with Gasteiger partial charge < -0.3 is 15.8 Å². The molecule has 5 heteroatoms. The third-order valence-electron chi connectivity index (χ3n) is 2.58. The summed E-state index contributed by atoms with van der Waals surface area (Å²) in [5, 5.41) is 3.22. The van der Waals surface area contributed by atoms with Gasteiger partial charge in [-0.2, -0.15) is 11.8 Å². The summed E-state index contributed by atoms with van der Waals surface area (Å²) >= 11 is 1.84. The maximum absolute atomic E-state index is 11.6. The topological polar surface area (TPSA) is 64.3 Å². The summed E-state index contributed by atoms with van der Waals surface area (Å²) in [6.45, 7) is 0.804. The maximum atomic E-state index is 11.6. The van der Waals surface area contributed by atoms with Crippen LogP contribution in [-0.4, -0.2) is 31.6 Å². The van der Waals surface area contributed by atoms with Crippen molar-refractivity contribution in [1.82, 2.24) is 0 Å². The smallest absolute Gasteiger partial charge is 0.340 e. The van der Waals surface area contributed by atoms with Gasteiger partial charge in [0.25, 0.3) is 0 Å². The van der Waals surface area contributed by atoms with Crippen molar-refractivity contribution in [3.05, 3.63) is 23.8 Å². The summed E-state index contributed by atoms with van der Waals surface area (Å²) < 4.78 is 4.74. The molecular weight excluding hydrogens is 248 g/mol. The van der Waals surface area contributed by atoms with Gasteiger partial charge in [0.1, 0.15) is 0 Å². The molecule has 100 valence electrons. The number of unbranched alkanes of at least 4 members (excludes halogenated alkanes) is 1. The number of thioether (sulfide) groups is 1. The monoisotopic (exact) mass is 268 g/mol. The van der Waals surface area contributed by atoms with Gasteiger partial charge in [0, 0.05) is 6.54 Å².